The highest BCUT2D eigenvalue weighted by Gasteiger charge is 2.33. The maximum atomic E-state index is 12.6. The number of nitrogen functional groups attached to an aromatic ring is 1. The van der Waals surface area contributed by atoms with Crippen molar-refractivity contribution in [1.82, 2.24) is 19.5 Å². The molecule has 1 aliphatic rings. The van der Waals surface area contributed by atoms with Crippen LogP contribution in [0.2, 0.25) is 0 Å². The summed E-state index contributed by atoms with van der Waals surface area (Å²) in [5, 5.41) is 2.72. The number of pyridine rings is 1. The highest BCUT2D eigenvalue weighted by molar-refractivity contribution is 6.04. The Labute approximate surface area is 202 Å². The number of nitrogens with zero attached hydrogens (tertiary/aromatic N) is 4. The molecule has 3 N–H and O–H groups in total. The molecule has 1 aliphatic heterocycles. The summed E-state index contributed by atoms with van der Waals surface area (Å²) in [6, 6.07) is 9.64. The van der Waals surface area contributed by atoms with Crippen LogP contribution in [0.25, 0.3) is 11.3 Å². The second kappa shape index (κ2) is 10.2. The summed E-state index contributed by atoms with van der Waals surface area (Å²) in [5.74, 6) is 7.17. The van der Waals surface area contributed by atoms with Crippen LogP contribution < -0.4 is 15.9 Å². The van der Waals surface area contributed by atoms with E-state index in [-0.39, 0.29) is 23.6 Å². The van der Waals surface area contributed by atoms with Crippen LogP contribution >= 0.6 is 0 Å². The Morgan fingerprint density at radius 2 is 2.00 bits per heavy atom. The number of carbonyl (C=O) groups is 3. The molecule has 0 aliphatic carbocycles. The molecule has 35 heavy (non-hydrogen) atoms. The van der Waals surface area contributed by atoms with E-state index in [2.05, 4.69) is 15.3 Å². The van der Waals surface area contributed by atoms with Crippen molar-refractivity contribution in [2.75, 3.05) is 24.8 Å². The lowest BCUT2D eigenvalue weighted by Crippen LogP contribution is -2.32. The van der Waals surface area contributed by atoms with E-state index in [1.807, 2.05) is 0 Å². The molecule has 1 fully saturated rings. The number of ether oxygens (including phenoxy) is 1. The number of carbonyl (C=O) groups excluding carboxylic acids is 3. The molecule has 3 heterocycles. The molecule has 0 spiro atoms. The summed E-state index contributed by atoms with van der Waals surface area (Å²) in [6.07, 6.45) is 6.90. The number of likely N-dealkylation sites (tertiary alicyclic amines) is 1. The first kappa shape index (κ1) is 23.7. The van der Waals surface area contributed by atoms with Gasteiger partial charge in [-0.3, -0.25) is 14.4 Å². The van der Waals surface area contributed by atoms with Crippen LogP contribution in [0.3, 0.4) is 0 Å². The zero-order valence-corrected chi connectivity index (χ0v) is 19.5. The number of amides is 2. The molecule has 4 rings (SSSR count). The SMILES string of the molecule is C/C=C/C(=O)N1CCCC1c1nc(-c2ccc(C(=O)Nc3cc(OC)ccn3)cc2)c(C=O)n1N. The molecule has 0 radical (unpaired) electrons. The van der Waals surface area contributed by atoms with Gasteiger partial charge in [0.15, 0.2) is 12.1 Å². The van der Waals surface area contributed by atoms with E-state index in [1.54, 1.807) is 54.3 Å². The minimum absolute atomic E-state index is 0.118. The van der Waals surface area contributed by atoms with Crippen LogP contribution in [0.5, 0.6) is 5.75 Å². The first-order chi connectivity index (χ1) is 17.0. The zero-order valence-electron chi connectivity index (χ0n) is 19.5. The largest absolute Gasteiger partial charge is 0.497 e. The van der Waals surface area contributed by atoms with Gasteiger partial charge in [-0.15, -0.1) is 0 Å². The third-order valence-electron chi connectivity index (χ3n) is 5.86. The summed E-state index contributed by atoms with van der Waals surface area (Å²) in [7, 11) is 1.53. The average Bonchev–Trinajstić information content (AvgIpc) is 3.48. The number of rotatable bonds is 7. The van der Waals surface area contributed by atoms with Gasteiger partial charge in [-0.25, -0.2) is 14.6 Å². The fourth-order valence-corrected chi connectivity index (χ4v) is 4.13. The number of nitrogens with two attached hydrogens (primary N) is 1. The van der Waals surface area contributed by atoms with E-state index in [1.165, 1.54) is 24.1 Å². The molecule has 0 bridgehead atoms. The molecule has 1 unspecified atom stereocenters. The third-order valence-corrected chi connectivity index (χ3v) is 5.86. The van der Waals surface area contributed by atoms with Gasteiger partial charge in [0.2, 0.25) is 5.91 Å². The lowest BCUT2D eigenvalue weighted by atomic mass is 10.1. The molecule has 2 amide bonds. The predicted octanol–water partition coefficient (Wildman–Crippen LogP) is 2.97. The fourth-order valence-electron chi connectivity index (χ4n) is 4.13. The number of hydrogen-bond acceptors (Lipinski definition) is 7. The second-order valence-corrected chi connectivity index (χ2v) is 7.99. The van der Waals surface area contributed by atoms with Gasteiger partial charge in [-0.05, 0) is 44.0 Å². The number of allylic oxidation sites excluding steroid dienone is 1. The van der Waals surface area contributed by atoms with Crippen LogP contribution in [-0.4, -0.2) is 51.3 Å². The van der Waals surface area contributed by atoms with E-state index in [0.29, 0.717) is 53.5 Å². The number of imidazole rings is 1. The van der Waals surface area contributed by atoms with Crippen LogP contribution in [0.4, 0.5) is 5.82 Å². The number of nitrogens with one attached hydrogen (secondary N) is 1. The highest BCUT2D eigenvalue weighted by atomic mass is 16.5. The van der Waals surface area contributed by atoms with Crippen molar-refractivity contribution in [2.45, 2.75) is 25.8 Å². The maximum Gasteiger partial charge on any atom is 0.256 e. The molecule has 1 aromatic carbocycles. The van der Waals surface area contributed by atoms with Crippen molar-refractivity contribution in [3.05, 3.63) is 71.8 Å². The number of aldehydes is 1. The lowest BCUT2D eigenvalue weighted by Gasteiger charge is -2.22. The molecular weight excluding hydrogens is 448 g/mol. The zero-order chi connectivity index (χ0) is 24.9. The number of methoxy groups -OCH3 is 1. The summed E-state index contributed by atoms with van der Waals surface area (Å²) in [5.41, 5.74) is 1.61. The molecule has 10 nitrogen and oxygen atoms in total. The molecule has 180 valence electrons. The summed E-state index contributed by atoms with van der Waals surface area (Å²) in [4.78, 5) is 47.5. The van der Waals surface area contributed by atoms with Gasteiger partial charge < -0.3 is 20.8 Å². The Hall–Kier alpha value is -4.47. The molecule has 3 aromatic rings. The van der Waals surface area contributed by atoms with E-state index in [0.717, 1.165) is 6.42 Å². The molecular formula is C25H26N6O4. The minimum Gasteiger partial charge on any atom is -0.497 e. The summed E-state index contributed by atoms with van der Waals surface area (Å²) < 4.78 is 6.40. The van der Waals surface area contributed by atoms with E-state index < -0.39 is 0 Å². The van der Waals surface area contributed by atoms with Crippen molar-refractivity contribution in [1.29, 1.82) is 0 Å². The fraction of sp³-hybridized carbons (Fsp3) is 0.240. The Balaban J connectivity index is 1.59. The number of anilines is 1. The molecule has 1 atom stereocenters. The van der Waals surface area contributed by atoms with Gasteiger partial charge in [0.25, 0.3) is 5.91 Å². The normalized spacial score (nSPS) is 15.4. The van der Waals surface area contributed by atoms with Crippen molar-refractivity contribution in [2.24, 2.45) is 0 Å². The van der Waals surface area contributed by atoms with E-state index in [9.17, 15) is 14.4 Å². The average molecular weight is 475 g/mol. The molecule has 10 heteroatoms. The standard InChI is InChI=1S/C25H26N6O4/c1-3-5-22(33)30-13-4-6-19(30)24-29-23(20(15-32)31(24)26)16-7-9-17(10-8-16)25(34)28-21-14-18(35-2)11-12-27-21/h3,5,7-12,14-15,19H,4,6,13,26H2,1-2H3,(H,27,28,34)/b5-3+. The van der Waals surface area contributed by atoms with Crippen molar-refractivity contribution >= 4 is 23.9 Å². The van der Waals surface area contributed by atoms with Gasteiger partial charge >= 0.3 is 0 Å². The number of hydrogen-bond donors (Lipinski definition) is 2. The maximum absolute atomic E-state index is 12.6. The molecule has 2 aromatic heterocycles. The van der Waals surface area contributed by atoms with E-state index in [4.69, 9.17) is 10.6 Å². The smallest absolute Gasteiger partial charge is 0.256 e. The van der Waals surface area contributed by atoms with Gasteiger partial charge in [0.05, 0.1) is 13.2 Å². The number of aromatic nitrogens is 3. The Morgan fingerprint density at radius 3 is 2.69 bits per heavy atom. The minimum atomic E-state index is -0.345. The highest BCUT2D eigenvalue weighted by Crippen LogP contribution is 2.34. The second-order valence-electron chi connectivity index (χ2n) is 7.99. The quantitative estimate of drug-likeness (QED) is 0.306. The molecule has 0 saturated carbocycles. The van der Waals surface area contributed by atoms with Crippen molar-refractivity contribution in [3.8, 4) is 17.0 Å². The van der Waals surface area contributed by atoms with Gasteiger partial charge in [0.1, 0.15) is 23.0 Å². The van der Waals surface area contributed by atoms with Gasteiger partial charge in [0, 0.05) is 29.9 Å². The first-order valence-corrected chi connectivity index (χ1v) is 11.1. The van der Waals surface area contributed by atoms with Crippen LogP contribution in [0.1, 0.15) is 52.5 Å². The van der Waals surface area contributed by atoms with Crippen molar-refractivity contribution < 1.29 is 19.1 Å². The number of benzene rings is 1. The third kappa shape index (κ3) is 4.77. The monoisotopic (exact) mass is 474 g/mol. The van der Waals surface area contributed by atoms with Crippen LogP contribution in [-0.2, 0) is 4.79 Å². The predicted molar refractivity (Wildman–Crippen MR) is 130 cm³/mol. The van der Waals surface area contributed by atoms with Gasteiger partial charge in [-0.1, -0.05) is 18.2 Å². The topological polar surface area (TPSA) is 132 Å². The van der Waals surface area contributed by atoms with Crippen LogP contribution in [0, 0.1) is 0 Å². The lowest BCUT2D eigenvalue weighted by molar-refractivity contribution is -0.127. The first-order valence-electron chi connectivity index (χ1n) is 11.1. The summed E-state index contributed by atoms with van der Waals surface area (Å²) >= 11 is 0. The van der Waals surface area contributed by atoms with Crippen LogP contribution in [0.15, 0.2) is 54.7 Å². The van der Waals surface area contributed by atoms with E-state index >= 15 is 0 Å². The Bertz CT molecular complexity index is 1280. The summed E-state index contributed by atoms with van der Waals surface area (Å²) in [6.45, 7) is 2.38. The Morgan fingerprint density at radius 1 is 1.23 bits per heavy atom. The van der Waals surface area contributed by atoms with Crippen molar-refractivity contribution in [3.63, 3.8) is 0 Å². The van der Waals surface area contributed by atoms with Gasteiger partial charge in [-0.2, -0.15) is 0 Å². The molecule has 1 saturated heterocycles. The Kier molecular flexibility index (Phi) is 6.91.